The van der Waals surface area contributed by atoms with Crippen molar-refractivity contribution in [2.75, 3.05) is 5.73 Å². The zero-order valence-corrected chi connectivity index (χ0v) is 10.4. The zero-order valence-electron chi connectivity index (χ0n) is 10.4. The summed E-state index contributed by atoms with van der Waals surface area (Å²) in [5.41, 5.74) is 9.92. The summed E-state index contributed by atoms with van der Waals surface area (Å²) in [6, 6.07) is 4.27. The first-order valence-electron chi connectivity index (χ1n) is 6.36. The van der Waals surface area contributed by atoms with Crippen LogP contribution in [0.15, 0.2) is 18.3 Å². The summed E-state index contributed by atoms with van der Waals surface area (Å²) in [5.74, 6) is 7.79. The third-order valence-corrected chi connectivity index (χ3v) is 3.88. The van der Waals surface area contributed by atoms with Crippen molar-refractivity contribution < 1.29 is 0 Å². The van der Waals surface area contributed by atoms with Gasteiger partial charge in [0.25, 0.3) is 0 Å². The quantitative estimate of drug-likeness (QED) is 0.544. The third kappa shape index (κ3) is 2.96. The number of pyridine rings is 1. The van der Waals surface area contributed by atoms with Gasteiger partial charge < -0.3 is 5.73 Å². The first kappa shape index (κ1) is 12.3. The largest absolute Gasteiger partial charge is 0.383 e. The van der Waals surface area contributed by atoms with Gasteiger partial charge in [0, 0.05) is 12.2 Å². The predicted octanol–water partition coefficient (Wildman–Crippen LogP) is 1.47. The van der Waals surface area contributed by atoms with E-state index in [9.17, 15) is 0 Å². The summed E-state index contributed by atoms with van der Waals surface area (Å²) in [4.78, 5) is 4.12. The summed E-state index contributed by atoms with van der Waals surface area (Å²) in [7, 11) is 0. The Morgan fingerprint density at radius 2 is 2.35 bits per heavy atom. The SMILES string of the molecule is CC1CCC(C(Cc2cccnc2N)NN)C1. The maximum atomic E-state index is 5.87. The lowest BCUT2D eigenvalue weighted by atomic mass is 9.92. The molecule has 5 N–H and O–H groups in total. The van der Waals surface area contributed by atoms with E-state index in [1.165, 1.54) is 19.3 Å². The molecular formula is C13H22N4. The van der Waals surface area contributed by atoms with Gasteiger partial charge in [0.2, 0.25) is 0 Å². The number of hydrogen-bond acceptors (Lipinski definition) is 4. The van der Waals surface area contributed by atoms with Gasteiger partial charge in [-0.1, -0.05) is 19.4 Å². The van der Waals surface area contributed by atoms with Gasteiger partial charge in [-0.3, -0.25) is 11.3 Å². The topological polar surface area (TPSA) is 77.0 Å². The van der Waals surface area contributed by atoms with Gasteiger partial charge in [-0.2, -0.15) is 0 Å². The molecule has 3 unspecified atom stereocenters. The third-order valence-electron chi connectivity index (χ3n) is 3.88. The maximum Gasteiger partial charge on any atom is 0.126 e. The fourth-order valence-electron chi connectivity index (χ4n) is 2.84. The minimum Gasteiger partial charge on any atom is -0.383 e. The number of nitrogen functional groups attached to an aromatic ring is 1. The average Bonchev–Trinajstić information content (AvgIpc) is 2.75. The van der Waals surface area contributed by atoms with Crippen molar-refractivity contribution >= 4 is 5.82 Å². The van der Waals surface area contributed by atoms with Crippen molar-refractivity contribution in [1.29, 1.82) is 0 Å². The van der Waals surface area contributed by atoms with E-state index >= 15 is 0 Å². The highest BCUT2D eigenvalue weighted by Crippen LogP contribution is 2.33. The number of hydrazine groups is 1. The van der Waals surface area contributed by atoms with Crippen LogP contribution < -0.4 is 17.0 Å². The average molecular weight is 234 g/mol. The molecule has 0 saturated heterocycles. The molecule has 0 aliphatic heterocycles. The second-order valence-corrected chi connectivity index (χ2v) is 5.20. The molecule has 0 aromatic carbocycles. The Hall–Kier alpha value is -1.13. The van der Waals surface area contributed by atoms with Crippen molar-refractivity contribution in [3.8, 4) is 0 Å². The molecule has 0 amide bonds. The second kappa shape index (κ2) is 5.47. The van der Waals surface area contributed by atoms with Crippen LogP contribution in [-0.2, 0) is 6.42 Å². The first-order chi connectivity index (χ1) is 8.20. The van der Waals surface area contributed by atoms with Crippen LogP contribution in [0.4, 0.5) is 5.82 Å². The molecule has 2 rings (SSSR count). The minimum absolute atomic E-state index is 0.312. The molecule has 1 aromatic heterocycles. The summed E-state index contributed by atoms with van der Waals surface area (Å²) < 4.78 is 0. The molecule has 4 nitrogen and oxygen atoms in total. The van der Waals surface area contributed by atoms with E-state index in [0.717, 1.165) is 17.9 Å². The Bertz CT molecular complexity index is 366. The lowest BCUT2D eigenvalue weighted by Gasteiger charge is -2.23. The molecule has 1 heterocycles. The van der Waals surface area contributed by atoms with Gasteiger partial charge in [0.15, 0.2) is 0 Å². The Morgan fingerprint density at radius 1 is 1.53 bits per heavy atom. The number of rotatable bonds is 4. The van der Waals surface area contributed by atoms with Gasteiger partial charge in [-0.15, -0.1) is 0 Å². The van der Waals surface area contributed by atoms with Gasteiger partial charge in [0.1, 0.15) is 5.82 Å². The summed E-state index contributed by atoms with van der Waals surface area (Å²) in [6.45, 7) is 2.31. The zero-order chi connectivity index (χ0) is 12.3. The van der Waals surface area contributed by atoms with Gasteiger partial charge in [-0.25, -0.2) is 4.98 Å². The van der Waals surface area contributed by atoms with Crippen LogP contribution in [0.1, 0.15) is 31.7 Å². The Kier molecular flexibility index (Phi) is 3.97. The molecule has 1 saturated carbocycles. The van der Waals surface area contributed by atoms with E-state index < -0.39 is 0 Å². The van der Waals surface area contributed by atoms with Crippen LogP contribution in [-0.4, -0.2) is 11.0 Å². The molecule has 17 heavy (non-hydrogen) atoms. The molecule has 4 heteroatoms. The van der Waals surface area contributed by atoms with Crippen molar-refractivity contribution in [3.05, 3.63) is 23.9 Å². The van der Waals surface area contributed by atoms with Crippen molar-refractivity contribution in [3.63, 3.8) is 0 Å². The predicted molar refractivity (Wildman–Crippen MR) is 70.0 cm³/mol. The van der Waals surface area contributed by atoms with Crippen molar-refractivity contribution in [1.82, 2.24) is 10.4 Å². The number of nitrogens with two attached hydrogens (primary N) is 2. The molecule has 1 aliphatic carbocycles. The lowest BCUT2D eigenvalue weighted by molar-refractivity contribution is 0.353. The lowest BCUT2D eigenvalue weighted by Crippen LogP contribution is -2.41. The molecule has 0 radical (unpaired) electrons. The molecule has 94 valence electrons. The van der Waals surface area contributed by atoms with Crippen LogP contribution in [0.5, 0.6) is 0 Å². The fourth-order valence-corrected chi connectivity index (χ4v) is 2.84. The van der Waals surface area contributed by atoms with E-state index in [1.54, 1.807) is 6.20 Å². The number of nitrogens with zero attached hydrogens (tertiary/aromatic N) is 1. The summed E-state index contributed by atoms with van der Waals surface area (Å²) in [6.07, 6.45) is 6.42. The monoisotopic (exact) mass is 234 g/mol. The van der Waals surface area contributed by atoms with Crippen molar-refractivity contribution in [2.24, 2.45) is 17.7 Å². The van der Waals surface area contributed by atoms with E-state index in [-0.39, 0.29) is 0 Å². The standard InChI is InChI=1S/C13H22N4/c1-9-4-5-10(7-9)12(17-15)8-11-3-2-6-16-13(11)14/h2-3,6,9-10,12,17H,4-5,7-8,15H2,1H3,(H2,14,16). The van der Waals surface area contributed by atoms with E-state index in [4.69, 9.17) is 11.6 Å². The summed E-state index contributed by atoms with van der Waals surface area (Å²) in [5, 5.41) is 0. The highest BCUT2D eigenvalue weighted by atomic mass is 15.2. The molecular weight excluding hydrogens is 212 g/mol. The minimum atomic E-state index is 0.312. The van der Waals surface area contributed by atoms with Crippen LogP contribution in [0.2, 0.25) is 0 Å². The molecule has 1 aromatic rings. The van der Waals surface area contributed by atoms with E-state index in [2.05, 4.69) is 17.3 Å². The van der Waals surface area contributed by atoms with Gasteiger partial charge in [-0.05, 0) is 42.7 Å². The normalized spacial score (nSPS) is 26.0. The van der Waals surface area contributed by atoms with Crippen LogP contribution in [0.25, 0.3) is 0 Å². The Balaban J connectivity index is 2.03. The molecule has 3 atom stereocenters. The van der Waals surface area contributed by atoms with Gasteiger partial charge in [0.05, 0.1) is 0 Å². The molecule has 1 fully saturated rings. The molecule has 0 bridgehead atoms. The van der Waals surface area contributed by atoms with Crippen LogP contribution in [0.3, 0.4) is 0 Å². The van der Waals surface area contributed by atoms with E-state index in [1.807, 2.05) is 12.1 Å². The van der Waals surface area contributed by atoms with Crippen LogP contribution in [0, 0.1) is 11.8 Å². The van der Waals surface area contributed by atoms with Crippen LogP contribution >= 0.6 is 0 Å². The Morgan fingerprint density at radius 3 is 2.94 bits per heavy atom. The number of anilines is 1. The fraction of sp³-hybridized carbons (Fsp3) is 0.615. The Labute approximate surface area is 103 Å². The second-order valence-electron chi connectivity index (χ2n) is 5.20. The number of nitrogens with one attached hydrogen (secondary N) is 1. The molecule has 0 spiro atoms. The van der Waals surface area contributed by atoms with Gasteiger partial charge >= 0.3 is 0 Å². The highest BCUT2D eigenvalue weighted by Gasteiger charge is 2.28. The number of hydrogen-bond donors (Lipinski definition) is 3. The first-order valence-corrected chi connectivity index (χ1v) is 6.36. The molecule has 1 aliphatic rings. The number of aromatic nitrogens is 1. The smallest absolute Gasteiger partial charge is 0.126 e. The van der Waals surface area contributed by atoms with Crippen molar-refractivity contribution in [2.45, 2.75) is 38.6 Å². The van der Waals surface area contributed by atoms with E-state index in [0.29, 0.717) is 17.8 Å². The highest BCUT2D eigenvalue weighted by molar-refractivity contribution is 5.38. The summed E-state index contributed by atoms with van der Waals surface area (Å²) >= 11 is 0. The maximum absolute atomic E-state index is 5.87.